The molecule has 3 aromatic rings. The van der Waals surface area contributed by atoms with Gasteiger partial charge in [-0.15, -0.1) is 0 Å². The van der Waals surface area contributed by atoms with E-state index in [2.05, 4.69) is 20.7 Å². The van der Waals surface area contributed by atoms with E-state index in [1.165, 1.54) is 0 Å². The Balaban J connectivity index is 1.66. The Kier molecular flexibility index (Phi) is 6.67. The number of rotatable bonds is 6. The number of carbonyl (C=O) groups is 2. The van der Waals surface area contributed by atoms with Gasteiger partial charge in [0.1, 0.15) is 5.78 Å². The van der Waals surface area contributed by atoms with Crippen molar-refractivity contribution in [2.45, 2.75) is 58.2 Å². The van der Waals surface area contributed by atoms with Crippen LogP contribution in [0.1, 0.15) is 61.5 Å². The summed E-state index contributed by atoms with van der Waals surface area (Å²) in [6.45, 7) is 4.52. The number of hydrogen-bond acceptors (Lipinski definition) is 5. The van der Waals surface area contributed by atoms with Crippen LogP contribution in [0.3, 0.4) is 0 Å². The SMILES string of the molecule is CCn1ncc2c(NC3CCC(=O)CC3)c(C(=O)NC(C)c3cccc(Cl)c3Cl)cnc21. The molecular weight excluding hydrogens is 449 g/mol. The molecule has 1 amide bonds. The van der Waals surface area contributed by atoms with Crippen molar-refractivity contribution in [3.05, 3.63) is 51.8 Å². The van der Waals surface area contributed by atoms with E-state index in [4.69, 9.17) is 23.2 Å². The molecule has 2 N–H and O–H groups in total. The molecule has 1 aromatic carbocycles. The van der Waals surface area contributed by atoms with Gasteiger partial charge >= 0.3 is 0 Å². The lowest BCUT2D eigenvalue weighted by molar-refractivity contribution is -0.120. The summed E-state index contributed by atoms with van der Waals surface area (Å²) >= 11 is 12.5. The highest BCUT2D eigenvalue weighted by molar-refractivity contribution is 6.42. The second-order valence-electron chi connectivity index (χ2n) is 8.04. The standard InChI is InChI=1S/C23H25Cl2N5O2/c1-3-30-22-17(12-27-30)21(29-14-7-9-15(31)10-8-14)18(11-26-22)23(32)28-13(2)16-5-4-6-19(24)20(16)25/h4-6,11-14H,3,7-10H2,1-2H3,(H,26,29)(H,28,32). The van der Waals surface area contributed by atoms with E-state index in [9.17, 15) is 9.59 Å². The van der Waals surface area contributed by atoms with Gasteiger partial charge in [-0.2, -0.15) is 5.10 Å². The number of aryl methyl sites for hydroxylation is 1. The minimum atomic E-state index is -0.358. The number of halogens is 2. The summed E-state index contributed by atoms with van der Waals surface area (Å²) in [5.74, 6) is 0.00787. The molecule has 0 saturated heterocycles. The minimum Gasteiger partial charge on any atom is -0.381 e. The number of Topliss-reactive ketones (excluding diaryl/α,β-unsaturated/α-hetero) is 1. The van der Waals surface area contributed by atoms with Crippen LogP contribution in [0.2, 0.25) is 10.0 Å². The molecule has 1 atom stereocenters. The molecule has 1 unspecified atom stereocenters. The molecule has 0 bridgehead atoms. The Morgan fingerprint density at radius 3 is 2.72 bits per heavy atom. The topological polar surface area (TPSA) is 88.9 Å². The summed E-state index contributed by atoms with van der Waals surface area (Å²) in [7, 11) is 0. The van der Waals surface area contributed by atoms with E-state index in [1.54, 1.807) is 29.2 Å². The summed E-state index contributed by atoms with van der Waals surface area (Å²) < 4.78 is 1.79. The number of nitrogens with zero attached hydrogens (tertiary/aromatic N) is 3. The number of amides is 1. The van der Waals surface area contributed by atoms with E-state index < -0.39 is 0 Å². The Hall–Kier alpha value is -2.64. The number of pyridine rings is 1. The largest absolute Gasteiger partial charge is 0.381 e. The molecule has 4 rings (SSSR count). The Labute approximate surface area is 196 Å². The third-order valence-electron chi connectivity index (χ3n) is 5.90. The fraction of sp³-hybridized carbons (Fsp3) is 0.391. The molecule has 0 radical (unpaired) electrons. The molecule has 9 heteroatoms. The van der Waals surface area contributed by atoms with Crippen molar-refractivity contribution in [2.24, 2.45) is 0 Å². The van der Waals surface area contributed by atoms with Crippen LogP contribution < -0.4 is 10.6 Å². The van der Waals surface area contributed by atoms with E-state index in [0.717, 1.165) is 23.8 Å². The summed E-state index contributed by atoms with van der Waals surface area (Å²) in [6, 6.07) is 5.10. The third kappa shape index (κ3) is 4.45. The zero-order valence-electron chi connectivity index (χ0n) is 18.0. The summed E-state index contributed by atoms with van der Waals surface area (Å²) in [4.78, 5) is 29.5. The minimum absolute atomic E-state index is 0.106. The highest BCUT2D eigenvalue weighted by Crippen LogP contribution is 2.32. The number of carbonyl (C=O) groups excluding carboxylic acids is 2. The van der Waals surface area contributed by atoms with Crippen LogP contribution in [0.4, 0.5) is 5.69 Å². The predicted octanol–water partition coefficient (Wildman–Crippen LogP) is 5.17. The Morgan fingerprint density at radius 2 is 2.00 bits per heavy atom. The number of fused-ring (bicyclic) bond motifs is 1. The number of ketones is 1. The maximum atomic E-state index is 13.3. The van der Waals surface area contributed by atoms with Gasteiger partial charge < -0.3 is 10.6 Å². The van der Waals surface area contributed by atoms with Crippen LogP contribution in [0.5, 0.6) is 0 Å². The van der Waals surface area contributed by atoms with Crippen molar-refractivity contribution in [2.75, 3.05) is 5.32 Å². The molecule has 0 spiro atoms. The first-order chi connectivity index (χ1) is 15.4. The summed E-state index contributed by atoms with van der Waals surface area (Å²) in [5, 5.41) is 12.6. The van der Waals surface area contributed by atoms with Crippen molar-refractivity contribution >= 4 is 51.6 Å². The lowest BCUT2D eigenvalue weighted by Gasteiger charge is -2.25. The van der Waals surface area contributed by atoms with Gasteiger partial charge in [0, 0.05) is 31.6 Å². The Bertz CT molecular complexity index is 1170. The van der Waals surface area contributed by atoms with Crippen molar-refractivity contribution < 1.29 is 9.59 Å². The van der Waals surface area contributed by atoms with E-state index in [1.807, 2.05) is 19.9 Å². The van der Waals surface area contributed by atoms with Gasteiger partial charge in [-0.05, 0) is 38.3 Å². The first-order valence-electron chi connectivity index (χ1n) is 10.8. The fourth-order valence-corrected chi connectivity index (χ4v) is 4.55. The molecular formula is C23H25Cl2N5O2. The van der Waals surface area contributed by atoms with Gasteiger partial charge in [-0.3, -0.25) is 9.59 Å². The lowest BCUT2D eigenvalue weighted by atomic mass is 9.94. The van der Waals surface area contributed by atoms with Gasteiger partial charge in [0.25, 0.3) is 5.91 Å². The van der Waals surface area contributed by atoms with Gasteiger partial charge in [0.2, 0.25) is 0 Å². The molecule has 2 heterocycles. The number of benzene rings is 1. The number of nitrogens with one attached hydrogen (secondary N) is 2. The molecule has 168 valence electrons. The maximum Gasteiger partial charge on any atom is 0.255 e. The van der Waals surface area contributed by atoms with Gasteiger partial charge in [-0.25, -0.2) is 9.67 Å². The molecule has 1 fully saturated rings. The van der Waals surface area contributed by atoms with E-state index >= 15 is 0 Å². The van der Waals surface area contributed by atoms with E-state index in [-0.39, 0.29) is 23.8 Å². The predicted molar refractivity (Wildman–Crippen MR) is 126 cm³/mol. The highest BCUT2D eigenvalue weighted by atomic mass is 35.5. The number of aromatic nitrogens is 3. The van der Waals surface area contributed by atoms with E-state index in [0.29, 0.717) is 46.3 Å². The summed E-state index contributed by atoms with van der Waals surface area (Å²) in [6.07, 6.45) is 5.88. The van der Waals surface area contributed by atoms with Crippen LogP contribution in [-0.4, -0.2) is 32.5 Å². The first kappa shape index (κ1) is 22.6. The van der Waals surface area contributed by atoms with Crippen molar-refractivity contribution in [3.8, 4) is 0 Å². The summed E-state index contributed by atoms with van der Waals surface area (Å²) in [5.41, 5.74) is 2.57. The van der Waals surface area contributed by atoms with Crippen LogP contribution in [-0.2, 0) is 11.3 Å². The van der Waals surface area contributed by atoms with Crippen molar-refractivity contribution in [1.82, 2.24) is 20.1 Å². The first-order valence-corrected chi connectivity index (χ1v) is 11.5. The molecule has 7 nitrogen and oxygen atoms in total. The molecule has 1 saturated carbocycles. The van der Waals surface area contributed by atoms with Crippen molar-refractivity contribution in [3.63, 3.8) is 0 Å². The maximum absolute atomic E-state index is 13.3. The molecule has 32 heavy (non-hydrogen) atoms. The highest BCUT2D eigenvalue weighted by Gasteiger charge is 2.25. The zero-order chi connectivity index (χ0) is 22.8. The van der Waals surface area contributed by atoms with Crippen LogP contribution in [0.15, 0.2) is 30.6 Å². The molecule has 1 aliphatic carbocycles. The molecule has 1 aliphatic rings. The molecule has 2 aromatic heterocycles. The fourth-order valence-electron chi connectivity index (χ4n) is 4.08. The monoisotopic (exact) mass is 473 g/mol. The quantitative estimate of drug-likeness (QED) is 0.515. The smallest absolute Gasteiger partial charge is 0.255 e. The van der Waals surface area contributed by atoms with Crippen LogP contribution in [0.25, 0.3) is 11.0 Å². The van der Waals surface area contributed by atoms with Gasteiger partial charge in [-0.1, -0.05) is 35.3 Å². The Morgan fingerprint density at radius 1 is 1.25 bits per heavy atom. The lowest BCUT2D eigenvalue weighted by Crippen LogP contribution is -2.30. The number of anilines is 1. The normalized spacial score (nSPS) is 15.7. The average molecular weight is 474 g/mol. The van der Waals surface area contributed by atoms with Crippen LogP contribution >= 0.6 is 23.2 Å². The average Bonchev–Trinajstić information content (AvgIpc) is 3.21. The van der Waals surface area contributed by atoms with Crippen molar-refractivity contribution in [1.29, 1.82) is 0 Å². The second-order valence-corrected chi connectivity index (χ2v) is 8.83. The van der Waals surface area contributed by atoms with Crippen LogP contribution in [0, 0.1) is 0 Å². The van der Waals surface area contributed by atoms with Gasteiger partial charge in [0.05, 0.1) is 38.9 Å². The third-order valence-corrected chi connectivity index (χ3v) is 6.73. The second kappa shape index (κ2) is 9.46. The number of hydrogen-bond donors (Lipinski definition) is 2. The van der Waals surface area contributed by atoms with Gasteiger partial charge in [0.15, 0.2) is 5.65 Å². The molecule has 0 aliphatic heterocycles. The zero-order valence-corrected chi connectivity index (χ0v) is 19.5.